The van der Waals surface area contributed by atoms with E-state index < -0.39 is 0 Å². The van der Waals surface area contributed by atoms with Crippen molar-refractivity contribution in [1.82, 2.24) is 4.90 Å². The molecule has 1 aliphatic rings. The average Bonchev–Trinajstić information content (AvgIpc) is 2.89. The zero-order valence-electron chi connectivity index (χ0n) is 11.5. The molecule has 0 spiro atoms. The largest absolute Gasteiger partial charge is 0.392 e. The molecule has 0 aliphatic carbocycles. The Kier molecular flexibility index (Phi) is 4.61. The standard InChI is InChI=1S/C15H24N2O/c1-3-16(4-2)14-9-10-17(11-14)15-8-6-5-7-13(15)12-18/h5-8,14,18H,3-4,9-12H2,1-2H3. The fourth-order valence-corrected chi connectivity index (χ4v) is 2.95. The third-order valence-corrected chi connectivity index (χ3v) is 3.99. The molecule has 18 heavy (non-hydrogen) atoms. The Hall–Kier alpha value is -1.06. The molecule has 1 heterocycles. The Morgan fingerprint density at radius 1 is 1.28 bits per heavy atom. The van der Waals surface area contributed by atoms with E-state index in [0.717, 1.165) is 31.7 Å². The minimum absolute atomic E-state index is 0.128. The van der Waals surface area contributed by atoms with Crippen LogP contribution in [-0.4, -0.2) is 42.2 Å². The van der Waals surface area contributed by atoms with Gasteiger partial charge in [-0.2, -0.15) is 0 Å². The molecule has 3 heteroatoms. The van der Waals surface area contributed by atoms with Crippen molar-refractivity contribution in [2.45, 2.75) is 32.9 Å². The molecule has 0 radical (unpaired) electrons. The molecule has 100 valence electrons. The monoisotopic (exact) mass is 248 g/mol. The molecule has 3 nitrogen and oxygen atoms in total. The lowest BCUT2D eigenvalue weighted by Gasteiger charge is -2.27. The number of hydrogen-bond donors (Lipinski definition) is 1. The van der Waals surface area contributed by atoms with Crippen molar-refractivity contribution in [2.24, 2.45) is 0 Å². The zero-order chi connectivity index (χ0) is 13.0. The summed E-state index contributed by atoms with van der Waals surface area (Å²) < 4.78 is 0. The normalized spacial score (nSPS) is 19.8. The lowest BCUT2D eigenvalue weighted by molar-refractivity contribution is 0.232. The van der Waals surface area contributed by atoms with Crippen LogP contribution >= 0.6 is 0 Å². The molecule has 1 unspecified atom stereocenters. The van der Waals surface area contributed by atoms with Gasteiger partial charge in [-0.25, -0.2) is 0 Å². The molecule has 0 bridgehead atoms. The quantitative estimate of drug-likeness (QED) is 0.864. The lowest BCUT2D eigenvalue weighted by atomic mass is 10.1. The maximum absolute atomic E-state index is 9.41. The van der Waals surface area contributed by atoms with Gasteiger partial charge in [0.15, 0.2) is 0 Å². The second-order valence-corrected chi connectivity index (χ2v) is 4.90. The Morgan fingerprint density at radius 2 is 2.00 bits per heavy atom. The Bertz CT molecular complexity index is 377. The Balaban J connectivity index is 2.08. The minimum Gasteiger partial charge on any atom is -0.392 e. The summed E-state index contributed by atoms with van der Waals surface area (Å²) in [7, 11) is 0. The van der Waals surface area contributed by atoms with E-state index in [9.17, 15) is 5.11 Å². The maximum Gasteiger partial charge on any atom is 0.0702 e. The summed E-state index contributed by atoms with van der Waals surface area (Å²) in [6.45, 7) is 9.01. The average molecular weight is 248 g/mol. The predicted octanol–water partition coefficient (Wildman–Crippen LogP) is 2.10. The highest BCUT2D eigenvalue weighted by Crippen LogP contribution is 2.26. The third-order valence-electron chi connectivity index (χ3n) is 3.99. The first kappa shape index (κ1) is 13.4. The van der Waals surface area contributed by atoms with Crippen LogP contribution in [0, 0.1) is 0 Å². The predicted molar refractivity (Wildman–Crippen MR) is 75.9 cm³/mol. The van der Waals surface area contributed by atoms with Gasteiger partial charge in [0.05, 0.1) is 6.61 Å². The van der Waals surface area contributed by atoms with Crippen LogP contribution in [0.25, 0.3) is 0 Å². The Labute approximate surface area is 110 Å². The van der Waals surface area contributed by atoms with Crippen molar-refractivity contribution >= 4 is 5.69 Å². The first-order valence-electron chi connectivity index (χ1n) is 6.97. The van der Waals surface area contributed by atoms with Crippen molar-refractivity contribution in [3.8, 4) is 0 Å². The molecule has 1 saturated heterocycles. The van der Waals surface area contributed by atoms with Crippen LogP contribution in [-0.2, 0) is 6.61 Å². The fraction of sp³-hybridized carbons (Fsp3) is 0.600. The van der Waals surface area contributed by atoms with E-state index in [0.29, 0.717) is 6.04 Å². The van der Waals surface area contributed by atoms with E-state index in [4.69, 9.17) is 0 Å². The van der Waals surface area contributed by atoms with Gasteiger partial charge in [-0.1, -0.05) is 32.0 Å². The molecule has 1 aromatic rings. The molecule has 1 aliphatic heterocycles. The number of nitrogens with zero attached hydrogens (tertiary/aromatic N) is 2. The number of likely N-dealkylation sites (N-methyl/N-ethyl adjacent to an activating group) is 1. The summed E-state index contributed by atoms with van der Waals surface area (Å²) in [5, 5.41) is 9.41. The van der Waals surface area contributed by atoms with Gasteiger partial charge in [-0.3, -0.25) is 4.90 Å². The summed E-state index contributed by atoms with van der Waals surface area (Å²) in [5.74, 6) is 0. The highest BCUT2D eigenvalue weighted by atomic mass is 16.3. The number of aliphatic hydroxyl groups excluding tert-OH is 1. The maximum atomic E-state index is 9.41. The summed E-state index contributed by atoms with van der Waals surface area (Å²) in [6, 6.07) is 8.84. The molecule has 0 aromatic heterocycles. The van der Waals surface area contributed by atoms with Crippen LogP contribution in [0.2, 0.25) is 0 Å². The number of para-hydroxylation sites is 1. The SMILES string of the molecule is CCN(CC)C1CCN(c2ccccc2CO)C1. The number of rotatable bonds is 5. The molecule has 1 fully saturated rings. The van der Waals surface area contributed by atoms with Crippen molar-refractivity contribution in [3.05, 3.63) is 29.8 Å². The molecular formula is C15H24N2O. The summed E-state index contributed by atoms with van der Waals surface area (Å²) in [6.07, 6.45) is 1.22. The van der Waals surface area contributed by atoms with Crippen LogP contribution in [0.5, 0.6) is 0 Å². The van der Waals surface area contributed by atoms with E-state index >= 15 is 0 Å². The number of hydrogen-bond acceptors (Lipinski definition) is 3. The molecule has 0 amide bonds. The van der Waals surface area contributed by atoms with E-state index in [1.807, 2.05) is 12.1 Å². The van der Waals surface area contributed by atoms with Crippen LogP contribution < -0.4 is 4.90 Å². The second kappa shape index (κ2) is 6.21. The van der Waals surface area contributed by atoms with Crippen molar-refractivity contribution in [2.75, 3.05) is 31.1 Å². The lowest BCUT2D eigenvalue weighted by Crippen LogP contribution is -2.37. The van der Waals surface area contributed by atoms with Gasteiger partial charge in [0.25, 0.3) is 0 Å². The second-order valence-electron chi connectivity index (χ2n) is 4.90. The van der Waals surface area contributed by atoms with E-state index in [1.54, 1.807) is 0 Å². The van der Waals surface area contributed by atoms with Gasteiger partial charge in [0.1, 0.15) is 0 Å². The summed E-state index contributed by atoms with van der Waals surface area (Å²) in [5.41, 5.74) is 2.24. The first-order chi connectivity index (χ1) is 8.80. The summed E-state index contributed by atoms with van der Waals surface area (Å²) >= 11 is 0. The van der Waals surface area contributed by atoms with Crippen LogP contribution in [0.4, 0.5) is 5.69 Å². The number of benzene rings is 1. The third kappa shape index (κ3) is 2.68. The van der Waals surface area contributed by atoms with Gasteiger partial charge in [0.2, 0.25) is 0 Å². The van der Waals surface area contributed by atoms with Gasteiger partial charge in [0, 0.05) is 30.4 Å². The van der Waals surface area contributed by atoms with Gasteiger partial charge in [-0.05, 0) is 25.6 Å². The van der Waals surface area contributed by atoms with Crippen molar-refractivity contribution in [3.63, 3.8) is 0 Å². The number of aliphatic hydroxyl groups is 1. The van der Waals surface area contributed by atoms with Gasteiger partial charge < -0.3 is 10.0 Å². The number of anilines is 1. The molecule has 0 saturated carbocycles. The molecule has 1 N–H and O–H groups in total. The van der Waals surface area contributed by atoms with Gasteiger partial charge >= 0.3 is 0 Å². The zero-order valence-corrected chi connectivity index (χ0v) is 11.5. The highest BCUT2D eigenvalue weighted by molar-refractivity contribution is 5.54. The highest BCUT2D eigenvalue weighted by Gasteiger charge is 2.27. The van der Waals surface area contributed by atoms with Gasteiger partial charge in [-0.15, -0.1) is 0 Å². The van der Waals surface area contributed by atoms with Crippen molar-refractivity contribution in [1.29, 1.82) is 0 Å². The minimum atomic E-state index is 0.128. The summed E-state index contributed by atoms with van der Waals surface area (Å²) in [4.78, 5) is 4.94. The van der Waals surface area contributed by atoms with Crippen LogP contribution in [0.15, 0.2) is 24.3 Å². The Morgan fingerprint density at radius 3 is 2.67 bits per heavy atom. The molecule has 1 aromatic carbocycles. The van der Waals surface area contributed by atoms with Crippen molar-refractivity contribution < 1.29 is 5.11 Å². The molecule has 2 rings (SSSR count). The van der Waals surface area contributed by atoms with E-state index in [2.05, 4.69) is 35.8 Å². The molecular weight excluding hydrogens is 224 g/mol. The fourth-order valence-electron chi connectivity index (χ4n) is 2.95. The topological polar surface area (TPSA) is 26.7 Å². The first-order valence-corrected chi connectivity index (χ1v) is 6.97. The van der Waals surface area contributed by atoms with E-state index in [-0.39, 0.29) is 6.61 Å². The molecule has 1 atom stereocenters. The van der Waals surface area contributed by atoms with Crippen LogP contribution in [0.1, 0.15) is 25.8 Å². The smallest absolute Gasteiger partial charge is 0.0702 e. The van der Waals surface area contributed by atoms with Crippen LogP contribution in [0.3, 0.4) is 0 Å². The van der Waals surface area contributed by atoms with E-state index in [1.165, 1.54) is 12.1 Å².